The highest BCUT2D eigenvalue weighted by molar-refractivity contribution is 5.82. The molecule has 0 amide bonds. The van der Waals surface area contributed by atoms with Crippen LogP contribution < -0.4 is 4.90 Å². The average Bonchev–Trinajstić information content (AvgIpc) is 3.12. The van der Waals surface area contributed by atoms with E-state index in [-0.39, 0.29) is 0 Å². The number of fused-ring (bicyclic) bond motifs is 1. The predicted octanol–water partition coefficient (Wildman–Crippen LogP) is 4.75. The number of aryl methyl sites for hydroxylation is 1. The minimum atomic E-state index is 0.498. The van der Waals surface area contributed by atoms with Crippen LogP contribution in [-0.4, -0.2) is 41.0 Å². The third-order valence-corrected chi connectivity index (χ3v) is 6.86. The van der Waals surface area contributed by atoms with Gasteiger partial charge in [-0.05, 0) is 67.8 Å². The van der Waals surface area contributed by atoms with Gasteiger partial charge in [-0.3, -0.25) is 9.88 Å². The van der Waals surface area contributed by atoms with E-state index in [0.29, 0.717) is 5.41 Å². The summed E-state index contributed by atoms with van der Waals surface area (Å²) in [4.78, 5) is 13.1. The zero-order valence-electron chi connectivity index (χ0n) is 16.8. The number of rotatable bonds is 3. The van der Waals surface area contributed by atoms with Crippen molar-refractivity contribution in [2.24, 2.45) is 5.41 Å². The molecule has 2 saturated heterocycles. The molecule has 1 N–H and O–H groups in total. The molecule has 2 aliphatic heterocycles. The summed E-state index contributed by atoms with van der Waals surface area (Å²) in [5.74, 6) is 0. The number of nitrogens with zero attached hydrogens (tertiary/aromatic N) is 3. The lowest BCUT2D eigenvalue weighted by molar-refractivity contribution is 0.0608. The summed E-state index contributed by atoms with van der Waals surface area (Å²) >= 11 is 0. The van der Waals surface area contributed by atoms with Crippen molar-refractivity contribution in [3.05, 3.63) is 60.0 Å². The van der Waals surface area contributed by atoms with E-state index in [2.05, 4.69) is 63.2 Å². The molecule has 2 aromatic heterocycles. The van der Waals surface area contributed by atoms with Gasteiger partial charge in [-0.2, -0.15) is 0 Å². The van der Waals surface area contributed by atoms with E-state index in [0.717, 1.165) is 19.6 Å². The fourth-order valence-corrected chi connectivity index (χ4v) is 5.31. The van der Waals surface area contributed by atoms with Crippen molar-refractivity contribution in [2.75, 3.05) is 31.1 Å². The van der Waals surface area contributed by atoms with Crippen LogP contribution in [0.3, 0.4) is 0 Å². The zero-order valence-corrected chi connectivity index (χ0v) is 16.8. The van der Waals surface area contributed by atoms with Crippen LogP contribution in [0.15, 0.2) is 48.9 Å². The van der Waals surface area contributed by atoms with Crippen molar-refractivity contribution in [1.29, 1.82) is 0 Å². The molecule has 4 heterocycles. The van der Waals surface area contributed by atoms with Crippen molar-refractivity contribution in [1.82, 2.24) is 14.9 Å². The Morgan fingerprint density at radius 2 is 1.93 bits per heavy atom. The Morgan fingerprint density at radius 1 is 1.07 bits per heavy atom. The Kier molecular flexibility index (Phi) is 4.59. The van der Waals surface area contributed by atoms with Gasteiger partial charge in [0.1, 0.15) is 0 Å². The van der Waals surface area contributed by atoms with Crippen molar-refractivity contribution in [2.45, 2.75) is 39.2 Å². The quantitative estimate of drug-likeness (QED) is 0.718. The molecule has 0 bridgehead atoms. The molecule has 0 unspecified atom stereocenters. The highest BCUT2D eigenvalue weighted by atomic mass is 15.2. The Morgan fingerprint density at radius 3 is 2.79 bits per heavy atom. The average molecular weight is 375 g/mol. The molecule has 3 aromatic rings. The lowest BCUT2D eigenvalue weighted by atomic mass is 9.72. The monoisotopic (exact) mass is 374 g/mol. The van der Waals surface area contributed by atoms with Crippen LogP contribution in [0.2, 0.25) is 0 Å². The number of H-pyrrole nitrogens is 1. The van der Waals surface area contributed by atoms with E-state index in [9.17, 15) is 0 Å². The zero-order chi connectivity index (χ0) is 19.0. The van der Waals surface area contributed by atoms with Crippen molar-refractivity contribution < 1.29 is 0 Å². The van der Waals surface area contributed by atoms with Gasteiger partial charge in [0.05, 0.1) is 11.9 Å². The summed E-state index contributed by atoms with van der Waals surface area (Å²) in [6.45, 7) is 7.99. The number of aromatic amines is 1. The molecule has 0 aliphatic carbocycles. The highest BCUT2D eigenvalue weighted by Gasteiger charge is 2.38. The largest absolute Gasteiger partial charge is 0.370 e. The molecule has 0 radical (unpaired) electrons. The third-order valence-electron chi connectivity index (χ3n) is 6.86. The van der Waals surface area contributed by atoms with Crippen LogP contribution in [0.5, 0.6) is 0 Å². The second-order valence-electron chi connectivity index (χ2n) is 8.88. The fourth-order valence-electron chi connectivity index (χ4n) is 5.31. The summed E-state index contributed by atoms with van der Waals surface area (Å²) in [6.07, 6.45) is 11.5. The predicted molar refractivity (Wildman–Crippen MR) is 116 cm³/mol. The molecular formula is C24H30N4. The molecule has 1 aromatic carbocycles. The molecule has 146 valence electrons. The summed E-state index contributed by atoms with van der Waals surface area (Å²) in [5.41, 5.74) is 5.74. The maximum Gasteiger partial charge on any atom is 0.0555 e. The first kappa shape index (κ1) is 17.7. The van der Waals surface area contributed by atoms with Crippen molar-refractivity contribution in [3.63, 3.8) is 0 Å². The highest BCUT2D eigenvalue weighted by Crippen LogP contribution is 2.41. The van der Waals surface area contributed by atoms with Crippen molar-refractivity contribution in [3.8, 4) is 0 Å². The Bertz CT molecular complexity index is 952. The minimum absolute atomic E-state index is 0.498. The number of hydrogen-bond acceptors (Lipinski definition) is 3. The first-order valence-corrected chi connectivity index (χ1v) is 10.6. The number of benzene rings is 1. The number of anilines is 1. The SMILES string of the molecule is Cc1cncc(N2CCC3(CCCN(Cc4c[nH]c5ccccc45)C3)CC2)c1. The molecule has 1 spiro atoms. The van der Waals surface area contributed by atoms with Crippen LogP contribution in [0, 0.1) is 12.3 Å². The van der Waals surface area contributed by atoms with Crippen LogP contribution in [0.4, 0.5) is 5.69 Å². The van der Waals surface area contributed by atoms with E-state index in [1.165, 1.54) is 66.5 Å². The Balaban J connectivity index is 1.26. The van der Waals surface area contributed by atoms with Gasteiger partial charge < -0.3 is 9.88 Å². The molecule has 0 atom stereocenters. The molecule has 2 fully saturated rings. The fraction of sp³-hybridized carbons (Fsp3) is 0.458. The van der Waals surface area contributed by atoms with Gasteiger partial charge in [0, 0.05) is 49.5 Å². The summed E-state index contributed by atoms with van der Waals surface area (Å²) < 4.78 is 0. The topological polar surface area (TPSA) is 35.2 Å². The lowest BCUT2D eigenvalue weighted by Gasteiger charge is -2.48. The van der Waals surface area contributed by atoms with E-state index in [1.54, 1.807) is 0 Å². The maximum absolute atomic E-state index is 4.39. The number of hydrogen-bond donors (Lipinski definition) is 1. The lowest BCUT2D eigenvalue weighted by Crippen LogP contribution is -2.49. The Hall–Kier alpha value is -2.33. The first-order chi connectivity index (χ1) is 13.7. The first-order valence-electron chi connectivity index (χ1n) is 10.6. The molecule has 4 heteroatoms. The number of aromatic nitrogens is 2. The standard InChI is InChI=1S/C24H30N4/c1-19-13-21(16-25-14-19)28-11-8-24(9-12-28)7-4-10-27(18-24)17-20-15-26-23-6-3-2-5-22(20)23/h2-3,5-6,13-16,26H,4,7-12,17-18H2,1H3. The third kappa shape index (κ3) is 3.42. The summed E-state index contributed by atoms with van der Waals surface area (Å²) in [5, 5.41) is 1.38. The number of para-hydroxylation sites is 1. The summed E-state index contributed by atoms with van der Waals surface area (Å²) in [6, 6.07) is 10.9. The normalized spacial score (nSPS) is 20.1. The van der Waals surface area contributed by atoms with Crippen LogP contribution in [0.1, 0.15) is 36.8 Å². The van der Waals surface area contributed by atoms with Crippen LogP contribution >= 0.6 is 0 Å². The summed E-state index contributed by atoms with van der Waals surface area (Å²) in [7, 11) is 0. The molecular weight excluding hydrogens is 344 g/mol. The van der Waals surface area contributed by atoms with E-state index in [4.69, 9.17) is 0 Å². The second-order valence-corrected chi connectivity index (χ2v) is 8.88. The van der Waals surface area contributed by atoms with Crippen LogP contribution in [0.25, 0.3) is 10.9 Å². The maximum atomic E-state index is 4.39. The molecule has 28 heavy (non-hydrogen) atoms. The molecule has 4 nitrogen and oxygen atoms in total. The number of likely N-dealkylation sites (tertiary alicyclic amines) is 1. The van der Waals surface area contributed by atoms with Gasteiger partial charge in [-0.1, -0.05) is 18.2 Å². The number of piperidine rings is 2. The van der Waals surface area contributed by atoms with Gasteiger partial charge in [0.2, 0.25) is 0 Å². The van der Waals surface area contributed by atoms with Gasteiger partial charge in [0.25, 0.3) is 0 Å². The van der Waals surface area contributed by atoms with E-state index < -0.39 is 0 Å². The molecule has 0 saturated carbocycles. The smallest absolute Gasteiger partial charge is 0.0555 e. The van der Waals surface area contributed by atoms with E-state index in [1.807, 2.05) is 12.4 Å². The van der Waals surface area contributed by atoms with Crippen molar-refractivity contribution >= 4 is 16.6 Å². The van der Waals surface area contributed by atoms with Gasteiger partial charge in [-0.25, -0.2) is 0 Å². The second kappa shape index (κ2) is 7.25. The van der Waals surface area contributed by atoms with E-state index >= 15 is 0 Å². The molecule has 2 aliphatic rings. The van der Waals surface area contributed by atoms with Gasteiger partial charge in [-0.15, -0.1) is 0 Å². The minimum Gasteiger partial charge on any atom is -0.370 e. The van der Waals surface area contributed by atoms with Gasteiger partial charge in [0.15, 0.2) is 0 Å². The number of pyridine rings is 1. The van der Waals surface area contributed by atoms with Crippen LogP contribution in [-0.2, 0) is 6.54 Å². The Labute approximate surface area is 167 Å². The van der Waals surface area contributed by atoms with Gasteiger partial charge >= 0.3 is 0 Å². The number of nitrogens with one attached hydrogen (secondary N) is 1. The molecule has 5 rings (SSSR count).